The molecular weight excluding hydrogens is 904 g/mol. The van der Waals surface area contributed by atoms with Crippen molar-refractivity contribution in [3.63, 3.8) is 0 Å². The SMILES string of the molecule is C.C.C=CCN(Cc1ccccc1)C(=O)N1CC(OC(=O)N2Cc3ccccc3C2)C[C@H]1C(=O)O.C=CCN(Cc1ccccc1)C(=O)N1CC(OC(=O)N2Cc3ccccc3C2)C[C@H]1C(=O)OC.[Li+].[OH-]. The predicted octanol–water partition coefficient (Wildman–Crippen LogP) is 5.14. The summed E-state index contributed by atoms with van der Waals surface area (Å²) in [6, 6.07) is 32.1. The number of esters is 1. The van der Waals surface area contributed by atoms with E-state index in [0.717, 1.165) is 33.4 Å². The van der Waals surface area contributed by atoms with Gasteiger partial charge in [0.25, 0.3) is 0 Å². The molecule has 374 valence electrons. The van der Waals surface area contributed by atoms with Gasteiger partial charge in [-0.3, -0.25) is 9.80 Å². The van der Waals surface area contributed by atoms with E-state index in [0.29, 0.717) is 45.8 Å². The molecule has 71 heavy (non-hydrogen) atoms. The van der Waals surface area contributed by atoms with E-state index in [9.17, 15) is 33.9 Å². The molecule has 4 aromatic rings. The normalized spacial score (nSPS) is 17.9. The fourth-order valence-electron chi connectivity index (χ4n) is 8.84. The standard InChI is InChI=1S/C26H29N3O5.C25H27N3O5.2CH4.Li.H2O/c1-3-13-27(15-19-9-5-4-6-10-19)25(31)29-18-22(14-23(29)24(30)33-2)34-26(32)28-16-20-11-7-8-12-21(20)17-28;1-2-12-26(14-18-8-4-3-5-9-18)24(31)28-17-21(13-22(28)23(29)30)33-25(32)27-15-19-10-6-7-11-20(19)16-27;;;;/h3-12,22-23H,1,13-18H2,2H3;2-11,21-22H,1,12-17H2,(H,29,30);2*1H4;;1H2/q;;;;+1;/p-1/t22?,23-;21?,22-;;;;/m00..../s1. The first-order chi connectivity index (χ1) is 32.5. The van der Waals surface area contributed by atoms with Gasteiger partial charge in [-0.05, 0) is 33.4 Å². The molecule has 6 amide bonds. The third-order valence-electron chi connectivity index (χ3n) is 12.2. The number of amides is 6. The average Bonchev–Trinajstić information content (AvgIpc) is 4.17. The molecule has 2 saturated heterocycles. The second kappa shape index (κ2) is 27.4. The van der Waals surface area contributed by atoms with E-state index < -0.39 is 54.4 Å². The van der Waals surface area contributed by atoms with Crippen molar-refractivity contribution >= 4 is 36.2 Å². The molecule has 4 heterocycles. The first kappa shape index (κ1) is 58.3. The first-order valence-corrected chi connectivity index (χ1v) is 22.2. The Kier molecular flexibility index (Phi) is 22.4. The number of fused-ring (bicyclic) bond motifs is 2. The number of carbonyl (C=O) groups is 6. The summed E-state index contributed by atoms with van der Waals surface area (Å²) in [7, 11) is 1.29. The van der Waals surface area contributed by atoms with Gasteiger partial charge in [0.15, 0.2) is 0 Å². The molecule has 17 nitrogen and oxygen atoms in total. The molecule has 4 aromatic carbocycles. The zero-order chi connectivity index (χ0) is 47.5. The smallest absolute Gasteiger partial charge is 0.870 e. The number of aliphatic carboxylic acids is 1. The van der Waals surface area contributed by atoms with Gasteiger partial charge in [-0.2, -0.15) is 0 Å². The number of likely N-dealkylation sites (tertiary alicyclic amines) is 2. The monoisotopic (exact) mass is 968 g/mol. The van der Waals surface area contributed by atoms with Crippen LogP contribution in [0.15, 0.2) is 135 Å². The second-order valence-electron chi connectivity index (χ2n) is 16.8. The zero-order valence-electron chi connectivity index (χ0n) is 39.0. The van der Waals surface area contributed by atoms with Crippen LogP contribution in [0.25, 0.3) is 0 Å². The minimum atomic E-state index is -1.12. The number of hydrogen-bond donors (Lipinski definition) is 1. The van der Waals surface area contributed by atoms with Crippen LogP contribution in [-0.2, 0) is 63.1 Å². The van der Waals surface area contributed by atoms with Crippen molar-refractivity contribution in [1.82, 2.24) is 29.4 Å². The van der Waals surface area contributed by atoms with E-state index in [1.165, 1.54) is 16.9 Å². The Balaban J connectivity index is 0.000000355. The van der Waals surface area contributed by atoms with Crippen molar-refractivity contribution < 1.29 is 72.4 Å². The fourth-order valence-corrected chi connectivity index (χ4v) is 8.84. The van der Waals surface area contributed by atoms with Crippen LogP contribution in [0.5, 0.6) is 0 Å². The van der Waals surface area contributed by atoms with Gasteiger partial charge in [0, 0.05) is 65.2 Å². The summed E-state index contributed by atoms with van der Waals surface area (Å²) < 4.78 is 16.3. The zero-order valence-corrected chi connectivity index (χ0v) is 39.0. The first-order valence-electron chi connectivity index (χ1n) is 22.2. The molecule has 0 aliphatic carbocycles. The summed E-state index contributed by atoms with van der Waals surface area (Å²) in [5.74, 6) is -1.65. The molecule has 0 spiro atoms. The number of ether oxygens (including phenoxy) is 3. The summed E-state index contributed by atoms with van der Waals surface area (Å²) in [6.07, 6.45) is 1.26. The maximum Gasteiger partial charge on any atom is 1.00 e. The van der Waals surface area contributed by atoms with Gasteiger partial charge in [-0.15, -0.1) is 13.2 Å². The minimum absolute atomic E-state index is 0. The Hall–Kier alpha value is -7.06. The van der Waals surface area contributed by atoms with E-state index in [-0.39, 0.29) is 77.7 Å². The van der Waals surface area contributed by atoms with Crippen molar-refractivity contribution in [2.24, 2.45) is 0 Å². The van der Waals surface area contributed by atoms with Crippen LogP contribution in [0.2, 0.25) is 0 Å². The Morgan fingerprint density at radius 2 is 0.930 bits per heavy atom. The predicted molar refractivity (Wildman–Crippen MR) is 262 cm³/mol. The molecule has 0 aromatic heterocycles. The molecule has 2 fully saturated rings. The van der Waals surface area contributed by atoms with Crippen LogP contribution in [0.1, 0.15) is 61.1 Å². The Labute approximate surface area is 428 Å². The van der Waals surface area contributed by atoms with E-state index in [1.807, 2.05) is 109 Å². The van der Waals surface area contributed by atoms with Gasteiger partial charge < -0.3 is 44.4 Å². The summed E-state index contributed by atoms with van der Waals surface area (Å²) in [4.78, 5) is 85.8. The molecule has 4 aliphatic rings. The molecule has 4 aliphatic heterocycles. The Bertz CT molecular complexity index is 2400. The molecule has 0 saturated carbocycles. The van der Waals surface area contributed by atoms with E-state index in [1.54, 1.807) is 31.8 Å². The largest absolute Gasteiger partial charge is 1.00 e. The van der Waals surface area contributed by atoms with Crippen molar-refractivity contribution in [1.29, 1.82) is 0 Å². The molecular formula is C53H65LiN6O11. The Morgan fingerprint density at radius 3 is 1.27 bits per heavy atom. The van der Waals surface area contributed by atoms with Crippen LogP contribution in [0, 0.1) is 0 Å². The number of benzene rings is 4. The molecule has 0 radical (unpaired) electrons. The molecule has 4 atom stereocenters. The number of urea groups is 2. The molecule has 2 N–H and O–H groups in total. The summed E-state index contributed by atoms with van der Waals surface area (Å²) in [6.45, 7) is 10.8. The van der Waals surface area contributed by atoms with Gasteiger partial charge in [-0.1, -0.05) is 136 Å². The fraction of sp³-hybridized carbons (Fsp3) is 0.358. The van der Waals surface area contributed by atoms with E-state index >= 15 is 0 Å². The molecule has 8 rings (SSSR count). The summed E-state index contributed by atoms with van der Waals surface area (Å²) in [5, 5.41) is 9.73. The van der Waals surface area contributed by atoms with Crippen LogP contribution in [0.4, 0.5) is 19.2 Å². The van der Waals surface area contributed by atoms with Crippen LogP contribution >= 0.6 is 0 Å². The minimum Gasteiger partial charge on any atom is -0.870 e. The average molecular weight is 969 g/mol. The summed E-state index contributed by atoms with van der Waals surface area (Å²) >= 11 is 0. The third-order valence-corrected chi connectivity index (χ3v) is 12.2. The number of nitrogens with zero attached hydrogens (tertiary/aromatic N) is 6. The number of carbonyl (C=O) groups excluding carboxylic acids is 5. The van der Waals surface area contributed by atoms with Crippen molar-refractivity contribution in [3.05, 3.63) is 168 Å². The topological polar surface area (TPSA) is 200 Å². The number of rotatable bonds is 12. The van der Waals surface area contributed by atoms with Gasteiger partial charge in [0.05, 0.1) is 20.2 Å². The quantitative estimate of drug-likeness (QED) is 0.0854. The number of methoxy groups -OCH3 is 1. The van der Waals surface area contributed by atoms with E-state index in [4.69, 9.17) is 14.2 Å². The van der Waals surface area contributed by atoms with Gasteiger partial charge in [0.2, 0.25) is 0 Å². The van der Waals surface area contributed by atoms with E-state index in [2.05, 4.69) is 13.2 Å². The number of carboxylic acids is 1. The van der Waals surface area contributed by atoms with Crippen molar-refractivity contribution in [2.45, 2.75) is 91.3 Å². The summed E-state index contributed by atoms with van der Waals surface area (Å²) in [5.41, 5.74) is 6.22. The molecule has 2 unspecified atom stereocenters. The maximum atomic E-state index is 13.5. The van der Waals surface area contributed by atoms with Gasteiger partial charge in [-0.25, -0.2) is 28.8 Å². The van der Waals surface area contributed by atoms with Gasteiger partial charge in [0.1, 0.15) is 24.3 Å². The number of carboxylic acid groups (broad SMARTS) is 1. The van der Waals surface area contributed by atoms with Crippen LogP contribution in [-0.4, -0.2) is 134 Å². The molecule has 0 bridgehead atoms. The molecule has 18 heteroatoms. The maximum absolute atomic E-state index is 13.5. The van der Waals surface area contributed by atoms with Crippen molar-refractivity contribution in [3.8, 4) is 0 Å². The second-order valence-corrected chi connectivity index (χ2v) is 16.8. The van der Waals surface area contributed by atoms with Crippen molar-refractivity contribution in [2.75, 3.05) is 33.3 Å². The van der Waals surface area contributed by atoms with Crippen LogP contribution < -0.4 is 18.9 Å². The third kappa shape index (κ3) is 14.5. The van der Waals surface area contributed by atoms with Crippen LogP contribution in [0.3, 0.4) is 0 Å². The Morgan fingerprint density at radius 1 is 0.592 bits per heavy atom. The number of hydrogen-bond acceptors (Lipinski definition) is 10. The van der Waals surface area contributed by atoms with Gasteiger partial charge >= 0.3 is 55.0 Å².